The van der Waals surface area contributed by atoms with E-state index in [1.807, 2.05) is 24.3 Å². The fourth-order valence-corrected chi connectivity index (χ4v) is 2.26. The summed E-state index contributed by atoms with van der Waals surface area (Å²) in [6, 6.07) is 7.58. The molecule has 0 bridgehead atoms. The van der Waals surface area contributed by atoms with E-state index in [2.05, 4.69) is 36.8 Å². The van der Waals surface area contributed by atoms with Gasteiger partial charge in [0, 0.05) is 27.3 Å². The molecule has 0 aliphatic rings. The Balaban J connectivity index is 2.33. The molecule has 0 aliphatic carbocycles. The molecule has 1 aromatic carbocycles. The van der Waals surface area contributed by atoms with Crippen LogP contribution in [0.4, 0.5) is 0 Å². The van der Waals surface area contributed by atoms with E-state index in [-0.39, 0.29) is 0 Å². The average molecular weight is 358 g/mol. The summed E-state index contributed by atoms with van der Waals surface area (Å²) in [5.41, 5.74) is 6.64. The van der Waals surface area contributed by atoms with Crippen LogP contribution in [0, 0.1) is 0 Å². The minimum absolute atomic E-state index is 0.415. The number of aromatic nitrogens is 1. The van der Waals surface area contributed by atoms with Crippen molar-refractivity contribution in [2.75, 3.05) is 0 Å². The van der Waals surface area contributed by atoms with E-state index in [9.17, 15) is 0 Å². The Bertz CT molecular complexity index is 532. The largest absolute Gasteiger partial charge is 0.455 e. The fourth-order valence-electron chi connectivity index (χ4n) is 1.41. The van der Waals surface area contributed by atoms with E-state index in [1.54, 1.807) is 12.4 Å². The second-order valence-corrected chi connectivity index (χ2v) is 5.13. The number of rotatable bonds is 3. The summed E-state index contributed by atoms with van der Waals surface area (Å²) in [6.07, 6.45) is 3.36. The van der Waals surface area contributed by atoms with Crippen molar-refractivity contribution >= 4 is 31.9 Å². The number of hydrogen-bond donors (Lipinski definition) is 1. The first-order valence-corrected chi connectivity index (χ1v) is 6.55. The van der Waals surface area contributed by atoms with Crippen LogP contribution >= 0.6 is 31.9 Å². The first-order chi connectivity index (χ1) is 8.20. The van der Waals surface area contributed by atoms with E-state index >= 15 is 0 Å². The van der Waals surface area contributed by atoms with E-state index in [4.69, 9.17) is 10.5 Å². The molecule has 0 spiro atoms. The van der Waals surface area contributed by atoms with Crippen LogP contribution in [0.5, 0.6) is 11.5 Å². The lowest BCUT2D eigenvalue weighted by atomic mass is 10.2. The van der Waals surface area contributed by atoms with Crippen LogP contribution in [0.15, 0.2) is 45.6 Å². The average Bonchev–Trinajstić information content (AvgIpc) is 2.29. The lowest BCUT2D eigenvalue weighted by Crippen LogP contribution is -2.00. The van der Waals surface area contributed by atoms with Gasteiger partial charge in [-0.1, -0.05) is 22.0 Å². The zero-order chi connectivity index (χ0) is 12.3. The third-order valence-corrected chi connectivity index (χ3v) is 3.36. The highest BCUT2D eigenvalue weighted by atomic mass is 79.9. The van der Waals surface area contributed by atoms with Crippen LogP contribution in [-0.4, -0.2) is 4.98 Å². The van der Waals surface area contributed by atoms with E-state index < -0.39 is 0 Å². The SMILES string of the molecule is NCc1c(Br)cccc1Oc1cncc(Br)c1. The molecule has 0 amide bonds. The van der Waals surface area contributed by atoms with Crippen molar-refractivity contribution in [1.29, 1.82) is 0 Å². The molecule has 3 nitrogen and oxygen atoms in total. The Kier molecular flexibility index (Phi) is 4.15. The maximum atomic E-state index is 5.76. The first-order valence-electron chi connectivity index (χ1n) is 4.96. The van der Waals surface area contributed by atoms with Crippen LogP contribution in [0.2, 0.25) is 0 Å². The molecule has 2 N–H and O–H groups in total. The summed E-state index contributed by atoms with van der Waals surface area (Å²) in [4.78, 5) is 4.04. The molecule has 2 aromatic rings. The van der Waals surface area contributed by atoms with Gasteiger partial charge >= 0.3 is 0 Å². The van der Waals surface area contributed by atoms with Gasteiger partial charge < -0.3 is 10.5 Å². The molecule has 17 heavy (non-hydrogen) atoms. The summed E-state index contributed by atoms with van der Waals surface area (Å²) >= 11 is 6.80. The number of benzene rings is 1. The summed E-state index contributed by atoms with van der Waals surface area (Å²) in [5.74, 6) is 1.41. The molecule has 5 heteroatoms. The number of halogens is 2. The van der Waals surface area contributed by atoms with Crippen LogP contribution < -0.4 is 10.5 Å². The van der Waals surface area contributed by atoms with Crippen molar-refractivity contribution in [1.82, 2.24) is 4.98 Å². The first kappa shape index (κ1) is 12.5. The fraction of sp³-hybridized carbons (Fsp3) is 0.0833. The second kappa shape index (κ2) is 5.62. The van der Waals surface area contributed by atoms with Gasteiger partial charge in [-0.15, -0.1) is 0 Å². The van der Waals surface area contributed by atoms with Gasteiger partial charge in [-0.2, -0.15) is 0 Å². The number of nitrogens with zero attached hydrogens (tertiary/aromatic N) is 1. The third-order valence-electron chi connectivity index (χ3n) is 2.19. The third kappa shape index (κ3) is 3.06. The molecule has 0 saturated carbocycles. The minimum atomic E-state index is 0.415. The van der Waals surface area contributed by atoms with Crippen molar-refractivity contribution < 1.29 is 4.74 Å². The second-order valence-electron chi connectivity index (χ2n) is 3.36. The van der Waals surface area contributed by atoms with Gasteiger partial charge in [-0.05, 0) is 34.1 Å². The molecule has 2 rings (SSSR count). The van der Waals surface area contributed by atoms with Crippen molar-refractivity contribution in [2.24, 2.45) is 5.73 Å². The highest BCUT2D eigenvalue weighted by Gasteiger charge is 2.07. The van der Waals surface area contributed by atoms with Crippen molar-refractivity contribution in [2.45, 2.75) is 6.54 Å². The van der Waals surface area contributed by atoms with Gasteiger partial charge in [0.15, 0.2) is 0 Å². The Labute approximate surface area is 116 Å². The lowest BCUT2D eigenvalue weighted by Gasteiger charge is -2.11. The Morgan fingerprint density at radius 1 is 1.24 bits per heavy atom. The normalized spacial score (nSPS) is 10.3. The summed E-state index contributed by atoms with van der Waals surface area (Å²) in [6.45, 7) is 0.415. The van der Waals surface area contributed by atoms with E-state index in [0.717, 1.165) is 20.3 Å². The Morgan fingerprint density at radius 2 is 2.06 bits per heavy atom. The Morgan fingerprint density at radius 3 is 2.76 bits per heavy atom. The molecule has 0 aliphatic heterocycles. The molecule has 88 valence electrons. The van der Waals surface area contributed by atoms with Crippen molar-refractivity contribution in [3.05, 3.63) is 51.2 Å². The van der Waals surface area contributed by atoms with Crippen molar-refractivity contribution in [3.8, 4) is 11.5 Å². The van der Waals surface area contributed by atoms with Crippen LogP contribution in [0.1, 0.15) is 5.56 Å². The number of ether oxygens (including phenoxy) is 1. The molecule has 0 fully saturated rings. The zero-order valence-corrected chi connectivity index (χ0v) is 12.0. The van der Waals surface area contributed by atoms with Crippen LogP contribution in [-0.2, 0) is 6.54 Å². The van der Waals surface area contributed by atoms with E-state index in [1.165, 1.54) is 0 Å². The number of nitrogens with two attached hydrogens (primary N) is 1. The van der Waals surface area contributed by atoms with Gasteiger partial charge in [-0.3, -0.25) is 4.98 Å². The molecule has 0 atom stereocenters. The van der Waals surface area contributed by atoms with E-state index in [0.29, 0.717) is 12.3 Å². The molecule has 0 unspecified atom stereocenters. The maximum absolute atomic E-state index is 5.76. The molecule has 1 heterocycles. The summed E-state index contributed by atoms with van der Waals surface area (Å²) in [5, 5.41) is 0. The van der Waals surface area contributed by atoms with Gasteiger partial charge in [0.05, 0.1) is 6.20 Å². The van der Waals surface area contributed by atoms with Gasteiger partial charge in [0.1, 0.15) is 11.5 Å². The topological polar surface area (TPSA) is 48.1 Å². The Hall–Kier alpha value is -0.910. The van der Waals surface area contributed by atoms with Gasteiger partial charge in [0.2, 0.25) is 0 Å². The lowest BCUT2D eigenvalue weighted by molar-refractivity contribution is 0.473. The molecular formula is C12H10Br2N2O. The highest BCUT2D eigenvalue weighted by Crippen LogP contribution is 2.30. The molecule has 0 saturated heterocycles. The maximum Gasteiger partial charge on any atom is 0.146 e. The predicted octanol–water partition coefficient (Wildman–Crippen LogP) is 3.86. The van der Waals surface area contributed by atoms with Crippen LogP contribution in [0.25, 0.3) is 0 Å². The standard InChI is InChI=1S/C12H10Br2N2O/c13-8-4-9(7-16-6-8)17-12-3-1-2-11(14)10(12)5-15/h1-4,6-7H,5,15H2. The van der Waals surface area contributed by atoms with Gasteiger partial charge in [-0.25, -0.2) is 0 Å². The highest BCUT2D eigenvalue weighted by molar-refractivity contribution is 9.10. The molecule has 0 radical (unpaired) electrons. The quantitative estimate of drug-likeness (QED) is 0.907. The molecular weight excluding hydrogens is 348 g/mol. The number of pyridine rings is 1. The summed E-state index contributed by atoms with van der Waals surface area (Å²) in [7, 11) is 0. The number of hydrogen-bond acceptors (Lipinski definition) is 3. The van der Waals surface area contributed by atoms with Gasteiger partial charge in [0.25, 0.3) is 0 Å². The molecule has 1 aromatic heterocycles. The minimum Gasteiger partial charge on any atom is -0.455 e. The monoisotopic (exact) mass is 356 g/mol. The van der Waals surface area contributed by atoms with Crippen LogP contribution in [0.3, 0.4) is 0 Å². The van der Waals surface area contributed by atoms with Crippen molar-refractivity contribution in [3.63, 3.8) is 0 Å². The smallest absolute Gasteiger partial charge is 0.146 e. The predicted molar refractivity (Wildman–Crippen MR) is 74.0 cm³/mol. The zero-order valence-electron chi connectivity index (χ0n) is 8.86. The summed E-state index contributed by atoms with van der Waals surface area (Å²) < 4.78 is 7.58.